The van der Waals surface area contributed by atoms with E-state index in [1.54, 1.807) is 0 Å². The van der Waals surface area contributed by atoms with Gasteiger partial charge in [-0.05, 0) is 99.4 Å². The lowest BCUT2D eigenvalue weighted by Crippen LogP contribution is -2.07. The third-order valence-electron chi connectivity index (χ3n) is 6.00. The van der Waals surface area contributed by atoms with Crippen molar-refractivity contribution in [2.24, 2.45) is 0 Å². The number of nitrogens with zero attached hydrogens (tertiary/aromatic N) is 1. The van der Waals surface area contributed by atoms with Gasteiger partial charge in [-0.25, -0.2) is 0 Å². The summed E-state index contributed by atoms with van der Waals surface area (Å²) in [7, 11) is 0. The Kier molecular flexibility index (Phi) is 5.51. The Morgan fingerprint density at radius 1 is 0.667 bits per heavy atom. The molecule has 0 bridgehead atoms. The molecule has 0 N–H and O–H groups in total. The highest BCUT2D eigenvalue weighted by atomic mass is 14.7. The van der Waals surface area contributed by atoms with Gasteiger partial charge in [-0.3, -0.25) is 4.98 Å². The van der Waals surface area contributed by atoms with E-state index in [0.29, 0.717) is 0 Å². The molecule has 1 heteroatoms. The molecule has 1 nitrogen and oxygen atoms in total. The van der Waals surface area contributed by atoms with Crippen molar-refractivity contribution in [1.29, 1.82) is 0 Å². The summed E-state index contributed by atoms with van der Waals surface area (Å²) in [6.45, 7) is 15.3. The number of aryl methyl sites for hydroxylation is 5. The third kappa shape index (κ3) is 4.13. The highest BCUT2D eigenvalue weighted by Crippen LogP contribution is 2.26. The molecule has 0 aliphatic carbocycles. The van der Waals surface area contributed by atoms with Gasteiger partial charge in [-0.2, -0.15) is 0 Å². The summed E-state index contributed by atoms with van der Waals surface area (Å²) in [5.74, 6) is 0. The van der Waals surface area contributed by atoms with Crippen LogP contribution in [0.2, 0.25) is 0 Å². The van der Waals surface area contributed by atoms with Crippen LogP contribution >= 0.6 is 0 Å². The Labute approximate surface area is 164 Å². The molecule has 3 aromatic rings. The van der Waals surface area contributed by atoms with Gasteiger partial charge < -0.3 is 0 Å². The molecule has 0 amide bonds. The van der Waals surface area contributed by atoms with Gasteiger partial charge in [0.05, 0.1) is 0 Å². The lowest BCUT2D eigenvalue weighted by Gasteiger charge is -2.18. The van der Waals surface area contributed by atoms with Gasteiger partial charge in [0, 0.05) is 17.8 Å². The Morgan fingerprint density at radius 3 is 2.07 bits per heavy atom. The summed E-state index contributed by atoms with van der Waals surface area (Å²) in [4.78, 5) is 4.96. The van der Waals surface area contributed by atoms with Gasteiger partial charge in [0.15, 0.2) is 0 Å². The van der Waals surface area contributed by atoms with Gasteiger partial charge in [0.25, 0.3) is 0 Å². The quantitative estimate of drug-likeness (QED) is 0.525. The molecule has 0 aliphatic rings. The molecule has 0 saturated carbocycles. The first-order chi connectivity index (χ1) is 12.8. The third-order valence-corrected chi connectivity index (χ3v) is 6.00. The molecule has 140 valence electrons. The molecule has 1 heterocycles. The summed E-state index contributed by atoms with van der Waals surface area (Å²) < 4.78 is 0. The lowest BCUT2D eigenvalue weighted by molar-refractivity contribution is 0.951. The van der Waals surface area contributed by atoms with Crippen molar-refractivity contribution in [3.63, 3.8) is 0 Å². The first-order valence-corrected chi connectivity index (χ1v) is 9.84. The lowest BCUT2D eigenvalue weighted by atomic mass is 9.90. The summed E-state index contributed by atoms with van der Waals surface area (Å²) >= 11 is 0. The normalized spacial score (nSPS) is 11.1. The van der Waals surface area contributed by atoms with Crippen molar-refractivity contribution < 1.29 is 0 Å². The largest absolute Gasteiger partial charge is 0.257 e. The monoisotopic (exact) mass is 357 g/mol. The van der Waals surface area contributed by atoms with Crippen LogP contribution in [-0.4, -0.2) is 4.98 Å². The van der Waals surface area contributed by atoms with E-state index in [2.05, 4.69) is 84.9 Å². The molecular formula is C26H31N. The van der Waals surface area contributed by atoms with Crippen LogP contribution < -0.4 is 0 Å². The van der Waals surface area contributed by atoms with Crippen LogP contribution in [0.4, 0.5) is 0 Å². The number of pyridine rings is 1. The Morgan fingerprint density at radius 2 is 1.37 bits per heavy atom. The Bertz CT molecular complexity index is 996. The molecular weight excluding hydrogens is 326 g/mol. The highest BCUT2D eigenvalue weighted by molar-refractivity contribution is 5.45. The van der Waals surface area contributed by atoms with Crippen molar-refractivity contribution in [3.05, 3.63) is 97.9 Å². The standard InChI is InChI=1S/C26H31N/c1-16-8-9-18(3)24(12-16)15-25-20(5)22(7)27-26(21(25)6)14-23-11-10-17(2)19(4)13-23/h8-13H,14-15H2,1-7H3. The number of rotatable bonds is 4. The first-order valence-electron chi connectivity index (χ1n) is 9.84. The average Bonchev–Trinajstić information content (AvgIpc) is 2.62. The molecule has 27 heavy (non-hydrogen) atoms. The summed E-state index contributed by atoms with van der Waals surface area (Å²) in [6, 6.07) is 13.5. The summed E-state index contributed by atoms with van der Waals surface area (Å²) in [5, 5.41) is 0. The molecule has 0 fully saturated rings. The topological polar surface area (TPSA) is 12.9 Å². The van der Waals surface area contributed by atoms with Crippen LogP contribution in [0.25, 0.3) is 0 Å². The Hall–Kier alpha value is -2.41. The molecule has 3 rings (SSSR count). The second-order valence-corrected chi connectivity index (χ2v) is 8.07. The molecule has 0 radical (unpaired) electrons. The SMILES string of the molecule is Cc1ccc(C)c(Cc2c(C)c(C)nc(Cc3ccc(C)c(C)c3)c2C)c1. The maximum absolute atomic E-state index is 4.96. The smallest absolute Gasteiger partial charge is 0.0482 e. The van der Waals surface area contributed by atoms with Gasteiger partial charge in [-0.15, -0.1) is 0 Å². The van der Waals surface area contributed by atoms with E-state index < -0.39 is 0 Å². The first kappa shape index (κ1) is 19.4. The molecule has 0 aliphatic heterocycles. The Balaban J connectivity index is 2.02. The van der Waals surface area contributed by atoms with E-state index in [9.17, 15) is 0 Å². The minimum Gasteiger partial charge on any atom is -0.257 e. The average molecular weight is 358 g/mol. The minimum atomic E-state index is 0.897. The molecule has 0 atom stereocenters. The van der Waals surface area contributed by atoms with E-state index >= 15 is 0 Å². The summed E-state index contributed by atoms with van der Waals surface area (Å²) in [6.07, 6.45) is 1.88. The highest BCUT2D eigenvalue weighted by Gasteiger charge is 2.14. The van der Waals surface area contributed by atoms with E-state index in [0.717, 1.165) is 18.5 Å². The van der Waals surface area contributed by atoms with E-state index in [4.69, 9.17) is 4.98 Å². The molecule has 0 saturated heterocycles. The second kappa shape index (κ2) is 7.68. The molecule has 1 aromatic heterocycles. The number of hydrogen-bond donors (Lipinski definition) is 0. The fourth-order valence-corrected chi connectivity index (χ4v) is 3.77. The number of benzene rings is 2. The van der Waals surface area contributed by atoms with E-state index in [-0.39, 0.29) is 0 Å². The van der Waals surface area contributed by atoms with Crippen molar-refractivity contribution in [1.82, 2.24) is 4.98 Å². The van der Waals surface area contributed by atoms with Crippen LogP contribution in [0.5, 0.6) is 0 Å². The zero-order valence-electron chi connectivity index (χ0n) is 17.8. The van der Waals surface area contributed by atoms with E-state index in [1.807, 2.05) is 0 Å². The second-order valence-electron chi connectivity index (χ2n) is 8.07. The van der Waals surface area contributed by atoms with Crippen molar-refractivity contribution in [2.75, 3.05) is 0 Å². The van der Waals surface area contributed by atoms with Gasteiger partial charge >= 0.3 is 0 Å². The maximum atomic E-state index is 4.96. The molecule has 0 unspecified atom stereocenters. The fraction of sp³-hybridized carbons (Fsp3) is 0.346. The predicted octanol–water partition coefficient (Wildman–Crippen LogP) is 6.42. The number of aromatic nitrogens is 1. The zero-order valence-corrected chi connectivity index (χ0v) is 17.8. The predicted molar refractivity (Wildman–Crippen MR) is 116 cm³/mol. The maximum Gasteiger partial charge on any atom is 0.0482 e. The molecule has 2 aromatic carbocycles. The van der Waals surface area contributed by atoms with Gasteiger partial charge in [-0.1, -0.05) is 42.0 Å². The zero-order chi connectivity index (χ0) is 19.7. The summed E-state index contributed by atoms with van der Waals surface area (Å²) in [5.41, 5.74) is 14.6. The van der Waals surface area contributed by atoms with Crippen LogP contribution in [0.15, 0.2) is 36.4 Å². The van der Waals surface area contributed by atoms with Crippen molar-refractivity contribution in [3.8, 4) is 0 Å². The van der Waals surface area contributed by atoms with Crippen molar-refractivity contribution in [2.45, 2.75) is 61.3 Å². The van der Waals surface area contributed by atoms with Crippen LogP contribution in [0, 0.1) is 48.5 Å². The van der Waals surface area contributed by atoms with Crippen LogP contribution in [0.1, 0.15) is 61.5 Å². The number of hydrogen-bond acceptors (Lipinski definition) is 1. The fourth-order valence-electron chi connectivity index (χ4n) is 3.77. The van der Waals surface area contributed by atoms with Crippen LogP contribution in [-0.2, 0) is 12.8 Å². The van der Waals surface area contributed by atoms with Crippen molar-refractivity contribution >= 4 is 0 Å². The van der Waals surface area contributed by atoms with Gasteiger partial charge in [0.1, 0.15) is 0 Å². The molecule has 0 spiro atoms. The van der Waals surface area contributed by atoms with E-state index in [1.165, 1.54) is 55.8 Å². The van der Waals surface area contributed by atoms with Gasteiger partial charge in [0.2, 0.25) is 0 Å². The van der Waals surface area contributed by atoms with Crippen LogP contribution in [0.3, 0.4) is 0 Å². The minimum absolute atomic E-state index is 0.897.